The van der Waals surface area contributed by atoms with Gasteiger partial charge in [-0.05, 0) is 49.9 Å². The summed E-state index contributed by atoms with van der Waals surface area (Å²) < 4.78 is 7.58. The molecule has 4 rings (SSSR count). The SMILES string of the molecule is CN(CCC[C@@H]1CCCO1)C(=O)c1ccc(-c2nnc3ccccn23)cc1. The highest BCUT2D eigenvalue weighted by Gasteiger charge is 2.17. The Morgan fingerprint density at radius 2 is 2.07 bits per heavy atom. The molecule has 0 N–H and O–H groups in total. The molecule has 0 bridgehead atoms. The molecule has 0 spiro atoms. The highest BCUT2D eigenvalue weighted by molar-refractivity contribution is 5.94. The van der Waals surface area contributed by atoms with E-state index in [1.54, 1.807) is 4.90 Å². The van der Waals surface area contributed by atoms with Crippen molar-refractivity contribution in [3.05, 3.63) is 54.2 Å². The van der Waals surface area contributed by atoms with Crippen LogP contribution < -0.4 is 0 Å². The number of ether oxygens (including phenoxy) is 1. The minimum atomic E-state index is 0.0417. The maximum absolute atomic E-state index is 12.6. The quantitative estimate of drug-likeness (QED) is 0.672. The molecular formula is C21H24N4O2. The minimum absolute atomic E-state index is 0.0417. The van der Waals surface area contributed by atoms with Crippen molar-refractivity contribution >= 4 is 11.6 Å². The van der Waals surface area contributed by atoms with Gasteiger partial charge in [0, 0.05) is 37.5 Å². The number of pyridine rings is 1. The van der Waals surface area contributed by atoms with Crippen LogP contribution in [0.5, 0.6) is 0 Å². The van der Waals surface area contributed by atoms with Gasteiger partial charge in [0.1, 0.15) is 0 Å². The Hall–Kier alpha value is -2.73. The molecule has 140 valence electrons. The molecule has 1 amide bonds. The summed E-state index contributed by atoms with van der Waals surface area (Å²) >= 11 is 0. The molecule has 1 atom stereocenters. The molecule has 3 aromatic rings. The third-order valence-electron chi connectivity index (χ3n) is 5.09. The summed E-state index contributed by atoms with van der Waals surface area (Å²) in [6.45, 7) is 1.63. The number of rotatable bonds is 6. The van der Waals surface area contributed by atoms with Gasteiger partial charge in [-0.2, -0.15) is 0 Å². The normalized spacial score (nSPS) is 16.7. The van der Waals surface area contributed by atoms with Crippen LogP contribution in [0.3, 0.4) is 0 Å². The van der Waals surface area contributed by atoms with Crippen LogP contribution in [0.1, 0.15) is 36.0 Å². The highest BCUT2D eigenvalue weighted by Crippen LogP contribution is 2.20. The molecule has 27 heavy (non-hydrogen) atoms. The maximum Gasteiger partial charge on any atom is 0.253 e. The predicted molar refractivity (Wildman–Crippen MR) is 104 cm³/mol. The number of carbonyl (C=O) groups is 1. The molecule has 1 aliphatic rings. The maximum atomic E-state index is 12.6. The minimum Gasteiger partial charge on any atom is -0.378 e. The van der Waals surface area contributed by atoms with E-state index in [-0.39, 0.29) is 5.91 Å². The molecule has 6 nitrogen and oxygen atoms in total. The molecule has 3 heterocycles. The Kier molecular flexibility index (Phi) is 5.16. The zero-order valence-electron chi connectivity index (χ0n) is 15.5. The van der Waals surface area contributed by atoms with E-state index in [2.05, 4.69) is 10.2 Å². The van der Waals surface area contributed by atoms with Crippen molar-refractivity contribution in [1.82, 2.24) is 19.5 Å². The Morgan fingerprint density at radius 1 is 1.22 bits per heavy atom. The summed E-state index contributed by atoms with van der Waals surface area (Å²) in [7, 11) is 1.86. The molecule has 2 aromatic heterocycles. The number of hydrogen-bond donors (Lipinski definition) is 0. The molecule has 0 aliphatic carbocycles. The third-order valence-corrected chi connectivity index (χ3v) is 5.09. The first-order valence-electron chi connectivity index (χ1n) is 9.49. The second kappa shape index (κ2) is 7.88. The van der Waals surface area contributed by atoms with Crippen molar-refractivity contribution in [1.29, 1.82) is 0 Å². The van der Waals surface area contributed by atoms with Gasteiger partial charge < -0.3 is 9.64 Å². The standard InChI is InChI=1S/C21H24N4O2/c1-24(13-4-6-18-7-5-15-27-18)21(26)17-11-9-16(10-12-17)20-23-22-19-8-2-3-14-25(19)20/h2-3,8-12,14,18H,4-7,13,15H2,1H3/t18-/m1/s1. The average Bonchev–Trinajstić information content (AvgIpc) is 3.37. The predicted octanol–water partition coefficient (Wildman–Crippen LogP) is 3.43. The molecule has 1 aromatic carbocycles. The van der Waals surface area contributed by atoms with Crippen molar-refractivity contribution < 1.29 is 9.53 Å². The molecule has 0 saturated carbocycles. The monoisotopic (exact) mass is 364 g/mol. The van der Waals surface area contributed by atoms with E-state index in [0.717, 1.165) is 55.9 Å². The first-order valence-corrected chi connectivity index (χ1v) is 9.49. The fourth-order valence-corrected chi connectivity index (χ4v) is 3.55. The van der Waals surface area contributed by atoms with Crippen LogP contribution >= 0.6 is 0 Å². The second-order valence-electron chi connectivity index (χ2n) is 7.03. The fraction of sp³-hybridized carbons (Fsp3) is 0.381. The molecule has 1 aliphatic heterocycles. The summed E-state index contributed by atoms with van der Waals surface area (Å²) in [5.74, 6) is 0.814. The average molecular weight is 364 g/mol. The molecule has 1 saturated heterocycles. The second-order valence-corrected chi connectivity index (χ2v) is 7.03. The smallest absolute Gasteiger partial charge is 0.253 e. The van der Waals surface area contributed by atoms with Crippen LogP contribution in [0.15, 0.2) is 48.7 Å². The van der Waals surface area contributed by atoms with E-state index in [4.69, 9.17) is 4.74 Å². The van der Waals surface area contributed by atoms with E-state index in [9.17, 15) is 4.79 Å². The summed E-state index contributed by atoms with van der Waals surface area (Å²) in [5, 5.41) is 8.43. The lowest BCUT2D eigenvalue weighted by molar-refractivity contribution is 0.0763. The molecule has 6 heteroatoms. The third kappa shape index (κ3) is 3.85. The Balaban J connectivity index is 1.39. The van der Waals surface area contributed by atoms with E-state index >= 15 is 0 Å². The van der Waals surface area contributed by atoms with Crippen LogP contribution in [0.4, 0.5) is 0 Å². The lowest BCUT2D eigenvalue weighted by Gasteiger charge is -2.18. The van der Waals surface area contributed by atoms with E-state index in [1.165, 1.54) is 0 Å². The van der Waals surface area contributed by atoms with Crippen LogP contribution in [-0.2, 0) is 4.74 Å². The van der Waals surface area contributed by atoms with Gasteiger partial charge in [0.05, 0.1) is 6.10 Å². The Bertz CT molecular complexity index is 913. The van der Waals surface area contributed by atoms with Crippen LogP contribution in [0.25, 0.3) is 17.0 Å². The van der Waals surface area contributed by atoms with Gasteiger partial charge in [-0.25, -0.2) is 0 Å². The summed E-state index contributed by atoms with van der Waals surface area (Å²) in [5.41, 5.74) is 2.43. The molecule has 1 fully saturated rings. The first kappa shape index (κ1) is 17.7. The fourth-order valence-electron chi connectivity index (χ4n) is 3.55. The topological polar surface area (TPSA) is 59.7 Å². The Labute approximate surface area is 158 Å². The molecule has 0 radical (unpaired) electrons. The van der Waals surface area contributed by atoms with Gasteiger partial charge in [-0.1, -0.05) is 18.2 Å². The highest BCUT2D eigenvalue weighted by atomic mass is 16.5. The molecular weight excluding hydrogens is 340 g/mol. The van der Waals surface area contributed by atoms with E-state index in [1.807, 2.05) is 60.1 Å². The lowest BCUT2D eigenvalue weighted by atomic mass is 10.1. The summed E-state index contributed by atoms with van der Waals surface area (Å²) in [6, 6.07) is 13.4. The zero-order chi connectivity index (χ0) is 18.6. The van der Waals surface area contributed by atoms with Gasteiger partial charge >= 0.3 is 0 Å². The van der Waals surface area contributed by atoms with Gasteiger partial charge in [-0.15, -0.1) is 10.2 Å². The number of benzene rings is 1. The van der Waals surface area contributed by atoms with Crippen molar-refractivity contribution in [2.24, 2.45) is 0 Å². The number of carbonyl (C=O) groups excluding carboxylic acids is 1. The van der Waals surface area contributed by atoms with E-state index in [0.29, 0.717) is 11.7 Å². The first-order chi connectivity index (χ1) is 13.2. The number of nitrogens with zero attached hydrogens (tertiary/aromatic N) is 4. The van der Waals surface area contributed by atoms with Gasteiger partial charge in [0.15, 0.2) is 11.5 Å². The largest absolute Gasteiger partial charge is 0.378 e. The Morgan fingerprint density at radius 3 is 2.85 bits per heavy atom. The number of amides is 1. The number of fused-ring (bicyclic) bond motifs is 1. The zero-order valence-corrected chi connectivity index (χ0v) is 15.5. The van der Waals surface area contributed by atoms with Crippen molar-refractivity contribution in [3.8, 4) is 11.4 Å². The summed E-state index contributed by atoms with van der Waals surface area (Å²) in [4.78, 5) is 14.4. The molecule has 0 unspecified atom stereocenters. The van der Waals surface area contributed by atoms with Gasteiger partial charge in [0.25, 0.3) is 5.91 Å². The summed E-state index contributed by atoms with van der Waals surface area (Å²) in [6.07, 6.45) is 6.62. The van der Waals surface area contributed by atoms with Crippen molar-refractivity contribution in [2.45, 2.75) is 31.8 Å². The van der Waals surface area contributed by atoms with Gasteiger partial charge in [0.2, 0.25) is 0 Å². The van der Waals surface area contributed by atoms with Crippen molar-refractivity contribution in [3.63, 3.8) is 0 Å². The van der Waals surface area contributed by atoms with Crippen LogP contribution in [0, 0.1) is 0 Å². The van der Waals surface area contributed by atoms with Crippen LogP contribution in [0.2, 0.25) is 0 Å². The van der Waals surface area contributed by atoms with Crippen molar-refractivity contribution in [2.75, 3.05) is 20.2 Å². The number of hydrogen-bond acceptors (Lipinski definition) is 4. The number of aromatic nitrogens is 3. The lowest BCUT2D eigenvalue weighted by Crippen LogP contribution is -2.28. The van der Waals surface area contributed by atoms with E-state index < -0.39 is 0 Å². The van der Waals surface area contributed by atoms with Gasteiger partial charge in [-0.3, -0.25) is 9.20 Å². The van der Waals surface area contributed by atoms with Crippen LogP contribution in [-0.4, -0.2) is 51.7 Å².